The third-order valence-electron chi connectivity index (χ3n) is 4.93. The Balaban J connectivity index is 1.48. The van der Waals surface area contributed by atoms with Crippen molar-refractivity contribution in [3.63, 3.8) is 0 Å². The monoisotopic (exact) mass is 399 g/mol. The van der Waals surface area contributed by atoms with E-state index < -0.39 is 12.1 Å². The molecular weight excluding hydrogens is 374 g/mol. The maximum atomic E-state index is 12.5. The fraction of sp³-hybridized carbons (Fsp3) is 0.409. The van der Waals surface area contributed by atoms with E-state index in [0.717, 1.165) is 29.7 Å². The molecule has 3 rings (SSSR count). The van der Waals surface area contributed by atoms with Crippen molar-refractivity contribution in [1.29, 1.82) is 0 Å². The van der Waals surface area contributed by atoms with E-state index in [4.69, 9.17) is 4.74 Å². The Morgan fingerprint density at radius 3 is 2.71 bits per heavy atom. The lowest BCUT2D eigenvalue weighted by Crippen LogP contribution is -2.39. The Morgan fingerprint density at radius 1 is 1.18 bits per heavy atom. The van der Waals surface area contributed by atoms with Gasteiger partial charge in [0.1, 0.15) is 0 Å². The molecule has 28 heavy (non-hydrogen) atoms. The number of amides is 1. The molecule has 0 spiro atoms. The van der Waals surface area contributed by atoms with E-state index in [1.54, 1.807) is 13.0 Å². The molecule has 0 bridgehead atoms. The zero-order valence-electron chi connectivity index (χ0n) is 16.2. The summed E-state index contributed by atoms with van der Waals surface area (Å²) in [5.41, 5.74) is 2.39. The molecule has 1 aliphatic carbocycles. The van der Waals surface area contributed by atoms with Gasteiger partial charge in [-0.1, -0.05) is 24.3 Å². The zero-order valence-corrected chi connectivity index (χ0v) is 17.0. The van der Waals surface area contributed by atoms with Gasteiger partial charge in [-0.3, -0.25) is 14.4 Å². The molecule has 2 aromatic rings. The number of carbonyl (C=O) groups excluding carboxylic acids is 3. The molecule has 1 N–H and O–H groups in total. The molecule has 1 aromatic carbocycles. The number of benzene rings is 1. The van der Waals surface area contributed by atoms with E-state index in [0.29, 0.717) is 4.88 Å². The molecule has 0 saturated carbocycles. The summed E-state index contributed by atoms with van der Waals surface area (Å²) in [5, 5.41) is 2.99. The molecule has 1 heterocycles. The number of nitrogens with one attached hydrogen (secondary N) is 1. The lowest BCUT2D eigenvalue weighted by molar-refractivity contribution is -0.155. The van der Waals surface area contributed by atoms with E-state index in [1.165, 1.54) is 16.9 Å². The Hall–Kier alpha value is -2.47. The van der Waals surface area contributed by atoms with Crippen molar-refractivity contribution < 1.29 is 19.1 Å². The van der Waals surface area contributed by atoms with Crippen LogP contribution < -0.4 is 5.32 Å². The highest BCUT2D eigenvalue weighted by Gasteiger charge is 2.25. The van der Waals surface area contributed by atoms with E-state index in [-0.39, 0.29) is 30.6 Å². The fourth-order valence-corrected chi connectivity index (χ4v) is 4.26. The lowest BCUT2D eigenvalue weighted by Gasteiger charge is -2.27. The average molecular weight is 400 g/mol. The second-order valence-electron chi connectivity index (χ2n) is 7.12. The highest BCUT2D eigenvalue weighted by molar-refractivity contribution is 7.14. The van der Waals surface area contributed by atoms with Gasteiger partial charge in [0.15, 0.2) is 11.9 Å². The number of carbonyl (C=O) groups is 3. The third-order valence-corrected chi connectivity index (χ3v) is 5.98. The van der Waals surface area contributed by atoms with Crippen LogP contribution in [0.15, 0.2) is 36.4 Å². The Kier molecular flexibility index (Phi) is 6.62. The predicted molar refractivity (Wildman–Crippen MR) is 108 cm³/mol. The number of aryl methyl sites for hydroxylation is 2. The predicted octanol–water partition coefficient (Wildman–Crippen LogP) is 4.14. The number of hydrogen-bond acceptors (Lipinski definition) is 5. The molecule has 1 aliphatic rings. The molecule has 1 aromatic heterocycles. The van der Waals surface area contributed by atoms with Gasteiger partial charge in [0.2, 0.25) is 0 Å². The SMILES string of the molecule is Cc1ccc(C(=O)CCC(=O)O[C@@H](C)C(=O)N[C@@H]2CCCc3ccccc32)s1. The van der Waals surface area contributed by atoms with Crippen LogP contribution >= 0.6 is 11.3 Å². The number of thiophene rings is 1. The number of rotatable bonds is 7. The van der Waals surface area contributed by atoms with E-state index >= 15 is 0 Å². The topological polar surface area (TPSA) is 72.5 Å². The standard InChI is InChI=1S/C22H25NO4S/c1-14-10-12-20(28-14)19(24)11-13-21(25)27-15(2)22(26)23-18-9-5-7-16-6-3-4-8-17(16)18/h3-4,6,8,10,12,15,18H,5,7,9,11,13H2,1-2H3,(H,23,26)/t15-,18+/m0/s1. The summed E-state index contributed by atoms with van der Waals surface area (Å²) in [6.45, 7) is 3.49. The number of ketones is 1. The normalized spacial score (nSPS) is 16.7. The molecule has 0 radical (unpaired) electrons. The quantitative estimate of drug-likeness (QED) is 0.561. The highest BCUT2D eigenvalue weighted by Crippen LogP contribution is 2.29. The van der Waals surface area contributed by atoms with Crippen LogP contribution in [0, 0.1) is 6.92 Å². The molecule has 1 amide bonds. The van der Waals surface area contributed by atoms with E-state index in [2.05, 4.69) is 11.4 Å². The number of Topliss-reactive ketones (excluding diaryl/α,β-unsaturated/α-hetero) is 1. The minimum absolute atomic E-state index is 0.0281. The van der Waals surface area contributed by atoms with Crippen LogP contribution in [-0.2, 0) is 20.7 Å². The smallest absolute Gasteiger partial charge is 0.307 e. The third kappa shape index (κ3) is 5.07. The van der Waals surface area contributed by atoms with Gasteiger partial charge in [-0.25, -0.2) is 0 Å². The van der Waals surface area contributed by atoms with E-state index in [1.807, 2.05) is 31.2 Å². The van der Waals surface area contributed by atoms with Crippen LogP contribution in [0.25, 0.3) is 0 Å². The highest BCUT2D eigenvalue weighted by atomic mass is 32.1. The molecule has 0 saturated heterocycles. The summed E-state index contributed by atoms with van der Waals surface area (Å²) in [6, 6.07) is 11.7. The summed E-state index contributed by atoms with van der Waals surface area (Å²) in [6.07, 6.45) is 2.08. The van der Waals surface area contributed by atoms with Crippen molar-refractivity contribution in [2.75, 3.05) is 0 Å². The summed E-state index contributed by atoms with van der Waals surface area (Å²) in [5.74, 6) is -0.922. The zero-order chi connectivity index (χ0) is 20.1. The molecule has 0 unspecified atom stereocenters. The van der Waals surface area contributed by atoms with Crippen molar-refractivity contribution in [1.82, 2.24) is 5.32 Å². The van der Waals surface area contributed by atoms with Crippen LogP contribution in [0.5, 0.6) is 0 Å². The first-order chi connectivity index (χ1) is 13.4. The molecule has 148 valence electrons. The van der Waals surface area contributed by atoms with Gasteiger partial charge in [-0.05, 0) is 56.4 Å². The Labute approximate surface area is 169 Å². The summed E-state index contributed by atoms with van der Waals surface area (Å²) in [7, 11) is 0. The van der Waals surface area contributed by atoms with Crippen molar-refractivity contribution in [2.45, 2.75) is 58.1 Å². The Bertz CT molecular complexity index is 873. The first-order valence-corrected chi connectivity index (χ1v) is 10.4. The molecule has 6 heteroatoms. The van der Waals surface area contributed by atoms with Crippen LogP contribution in [0.2, 0.25) is 0 Å². The second kappa shape index (κ2) is 9.15. The second-order valence-corrected chi connectivity index (χ2v) is 8.41. The van der Waals surface area contributed by atoms with Crippen LogP contribution in [0.4, 0.5) is 0 Å². The van der Waals surface area contributed by atoms with Gasteiger partial charge in [0.05, 0.1) is 17.3 Å². The molecular formula is C22H25NO4S. The summed E-state index contributed by atoms with van der Waals surface area (Å²) in [4.78, 5) is 38.3. The number of fused-ring (bicyclic) bond motifs is 1. The largest absolute Gasteiger partial charge is 0.453 e. The van der Waals surface area contributed by atoms with Gasteiger partial charge in [-0.2, -0.15) is 0 Å². The maximum Gasteiger partial charge on any atom is 0.307 e. The minimum atomic E-state index is -0.888. The first kappa shape index (κ1) is 20.3. The molecule has 0 aliphatic heterocycles. The number of hydrogen-bond donors (Lipinski definition) is 1. The Morgan fingerprint density at radius 2 is 1.96 bits per heavy atom. The summed E-state index contributed by atoms with van der Waals surface area (Å²) >= 11 is 1.41. The molecule has 2 atom stereocenters. The van der Waals surface area contributed by atoms with Crippen molar-refractivity contribution in [3.8, 4) is 0 Å². The van der Waals surface area contributed by atoms with Crippen molar-refractivity contribution >= 4 is 29.0 Å². The van der Waals surface area contributed by atoms with Crippen molar-refractivity contribution in [2.24, 2.45) is 0 Å². The van der Waals surface area contributed by atoms with E-state index in [9.17, 15) is 14.4 Å². The van der Waals surface area contributed by atoms with Crippen LogP contribution in [-0.4, -0.2) is 23.8 Å². The maximum absolute atomic E-state index is 12.5. The minimum Gasteiger partial charge on any atom is -0.453 e. The van der Waals surface area contributed by atoms with Gasteiger partial charge >= 0.3 is 5.97 Å². The van der Waals surface area contributed by atoms with Gasteiger partial charge in [0.25, 0.3) is 5.91 Å². The number of ether oxygens (including phenoxy) is 1. The van der Waals surface area contributed by atoms with Crippen LogP contribution in [0.3, 0.4) is 0 Å². The first-order valence-electron chi connectivity index (χ1n) is 9.61. The van der Waals surface area contributed by atoms with Gasteiger partial charge in [0, 0.05) is 11.3 Å². The molecule has 5 nitrogen and oxygen atoms in total. The fourth-order valence-electron chi connectivity index (χ4n) is 3.43. The number of esters is 1. The molecule has 0 fully saturated rings. The lowest BCUT2D eigenvalue weighted by atomic mass is 9.87. The van der Waals surface area contributed by atoms with Gasteiger partial charge < -0.3 is 10.1 Å². The van der Waals surface area contributed by atoms with Gasteiger partial charge in [-0.15, -0.1) is 11.3 Å². The average Bonchev–Trinajstić information content (AvgIpc) is 3.13. The van der Waals surface area contributed by atoms with Crippen molar-refractivity contribution in [3.05, 3.63) is 57.3 Å². The van der Waals surface area contributed by atoms with Crippen LogP contribution in [0.1, 0.15) is 64.3 Å². The summed E-state index contributed by atoms with van der Waals surface area (Å²) < 4.78 is 5.23.